The van der Waals surface area contributed by atoms with Crippen LogP contribution in [0.3, 0.4) is 0 Å². The van der Waals surface area contributed by atoms with Crippen LogP contribution in [0.2, 0.25) is 0 Å². The molecule has 2 aromatic rings. The molecule has 0 heterocycles. The maximum Gasteiger partial charge on any atom is 0.255 e. The number of carbonyl (C=O) groups excluding carboxylic acids is 1. The number of rotatable bonds is 4. The first-order chi connectivity index (χ1) is 10.0. The summed E-state index contributed by atoms with van der Waals surface area (Å²) in [5, 5.41) is 2.50. The molecule has 0 aliphatic rings. The van der Waals surface area contributed by atoms with Gasteiger partial charge < -0.3 is 15.8 Å². The molecule has 0 unspecified atom stereocenters. The molecule has 0 fully saturated rings. The Bertz CT molecular complexity index is 677. The van der Waals surface area contributed by atoms with Gasteiger partial charge in [-0.2, -0.15) is 0 Å². The normalized spacial score (nSPS) is 10.2. The third-order valence-corrected chi connectivity index (χ3v) is 3.24. The Morgan fingerprint density at radius 3 is 2.71 bits per heavy atom. The number of halogens is 2. The van der Waals surface area contributed by atoms with Gasteiger partial charge in [0.05, 0.1) is 18.0 Å². The summed E-state index contributed by atoms with van der Waals surface area (Å²) in [6.45, 7) is 2.33. The number of ether oxygens (including phenoxy) is 1. The zero-order valence-electron chi connectivity index (χ0n) is 11.3. The van der Waals surface area contributed by atoms with Gasteiger partial charge in [-0.3, -0.25) is 4.79 Å². The lowest BCUT2D eigenvalue weighted by atomic mass is 10.1. The Morgan fingerprint density at radius 2 is 2.10 bits per heavy atom. The summed E-state index contributed by atoms with van der Waals surface area (Å²) < 4.78 is 19.6. The summed E-state index contributed by atoms with van der Waals surface area (Å²) in [5.74, 6) is -0.438. The predicted molar refractivity (Wildman–Crippen MR) is 84.1 cm³/mol. The van der Waals surface area contributed by atoms with E-state index in [1.54, 1.807) is 18.2 Å². The van der Waals surface area contributed by atoms with Crippen LogP contribution in [0.15, 0.2) is 40.9 Å². The molecule has 6 heteroatoms. The highest BCUT2D eigenvalue weighted by Crippen LogP contribution is 2.24. The third-order valence-electron chi connectivity index (χ3n) is 2.75. The van der Waals surface area contributed by atoms with Crippen molar-refractivity contribution in [3.63, 3.8) is 0 Å². The minimum Gasteiger partial charge on any atom is -0.492 e. The van der Waals surface area contributed by atoms with Gasteiger partial charge in [-0.1, -0.05) is 15.9 Å². The standard InChI is InChI=1S/C15H14BrFN2O2/c1-2-21-14-6-3-9(7-12(14)18)15(20)19-13-5-4-10(16)8-11(13)17/h3-8H,2,18H2,1H3,(H,19,20). The Morgan fingerprint density at radius 1 is 1.33 bits per heavy atom. The first-order valence-corrected chi connectivity index (χ1v) is 7.09. The fourth-order valence-corrected chi connectivity index (χ4v) is 2.10. The molecule has 2 rings (SSSR count). The molecule has 0 aromatic heterocycles. The molecule has 0 aliphatic carbocycles. The summed E-state index contributed by atoms with van der Waals surface area (Å²) in [6, 6.07) is 9.10. The second kappa shape index (κ2) is 6.58. The molecule has 1 amide bonds. The number of nitrogens with two attached hydrogens (primary N) is 1. The van der Waals surface area contributed by atoms with Crippen LogP contribution in [0.4, 0.5) is 15.8 Å². The Balaban J connectivity index is 2.18. The van der Waals surface area contributed by atoms with Crippen molar-refractivity contribution in [3.8, 4) is 5.75 Å². The maximum absolute atomic E-state index is 13.7. The highest BCUT2D eigenvalue weighted by molar-refractivity contribution is 9.10. The number of carbonyl (C=O) groups is 1. The van der Waals surface area contributed by atoms with Crippen molar-refractivity contribution >= 4 is 33.2 Å². The number of anilines is 2. The van der Waals surface area contributed by atoms with Crippen LogP contribution < -0.4 is 15.8 Å². The van der Waals surface area contributed by atoms with Crippen molar-refractivity contribution in [2.45, 2.75) is 6.92 Å². The minimum atomic E-state index is -0.517. The van der Waals surface area contributed by atoms with Gasteiger partial charge in [0.15, 0.2) is 0 Å². The molecule has 0 saturated carbocycles. The highest BCUT2D eigenvalue weighted by Gasteiger charge is 2.11. The highest BCUT2D eigenvalue weighted by atomic mass is 79.9. The van der Waals surface area contributed by atoms with Gasteiger partial charge in [-0.25, -0.2) is 4.39 Å². The summed E-state index contributed by atoms with van der Waals surface area (Å²) >= 11 is 3.16. The molecule has 0 atom stereocenters. The van der Waals surface area contributed by atoms with E-state index in [2.05, 4.69) is 21.2 Å². The van der Waals surface area contributed by atoms with Crippen LogP contribution in [-0.4, -0.2) is 12.5 Å². The Hall–Kier alpha value is -2.08. The molecule has 0 bridgehead atoms. The summed E-state index contributed by atoms with van der Waals surface area (Å²) in [4.78, 5) is 12.1. The van der Waals surface area contributed by atoms with E-state index in [0.29, 0.717) is 28.1 Å². The smallest absolute Gasteiger partial charge is 0.255 e. The van der Waals surface area contributed by atoms with Gasteiger partial charge in [0, 0.05) is 10.0 Å². The average Bonchev–Trinajstić information content (AvgIpc) is 2.44. The van der Waals surface area contributed by atoms with Crippen LogP contribution in [0, 0.1) is 5.82 Å². The second-order valence-electron chi connectivity index (χ2n) is 4.26. The number of hydrogen-bond donors (Lipinski definition) is 2. The molecule has 0 spiro atoms. The number of amides is 1. The first-order valence-electron chi connectivity index (χ1n) is 6.30. The summed E-state index contributed by atoms with van der Waals surface area (Å²) in [6.07, 6.45) is 0. The van der Waals surface area contributed by atoms with E-state index in [4.69, 9.17) is 10.5 Å². The fourth-order valence-electron chi connectivity index (χ4n) is 1.76. The summed E-state index contributed by atoms with van der Waals surface area (Å²) in [5.41, 5.74) is 6.60. The zero-order valence-corrected chi connectivity index (χ0v) is 12.9. The fraction of sp³-hybridized carbons (Fsp3) is 0.133. The van der Waals surface area contributed by atoms with E-state index in [-0.39, 0.29) is 5.69 Å². The molecular weight excluding hydrogens is 339 g/mol. The monoisotopic (exact) mass is 352 g/mol. The lowest BCUT2D eigenvalue weighted by Crippen LogP contribution is -2.13. The molecular formula is C15H14BrFN2O2. The van der Waals surface area contributed by atoms with Crippen LogP contribution >= 0.6 is 15.9 Å². The van der Waals surface area contributed by atoms with Crippen LogP contribution in [-0.2, 0) is 0 Å². The van der Waals surface area contributed by atoms with E-state index in [1.807, 2.05) is 6.92 Å². The van der Waals surface area contributed by atoms with E-state index in [1.165, 1.54) is 18.2 Å². The van der Waals surface area contributed by atoms with Gasteiger partial charge in [-0.05, 0) is 43.3 Å². The van der Waals surface area contributed by atoms with Crippen molar-refractivity contribution < 1.29 is 13.9 Å². The van der Waals surface area contributed by atoms with Crippen molar-refractivity contribution in [1.82, 2.24) is 0 Å². The van der Waals surface area contributed by atoms with Crippen LogP contribution in [0.5, 0.6) is 5.75 Å². The van der Waals surface area contributed by atoms with Crippen molar-refractivity contribution in [2.24, 2.45) is 0 Å². The molecule has 0 saturated heterocycles. The first kappa shape index (κ1) is 15.3. The third kappa shape index (κ3) is 3.72. The maximum atomic E-state index is 13.7. The van der Waals surface area contributed by atoms with Gasteiger partial charge in [0.2, 0.25) is 0 Å². The second-order valence-corrected chi connectivity index (χ2v) is 5.18. The summed E-state index contributed by atoms with van der Waals surface area (Å²) in [7, 11) is 0. The quantitative estimate of drug-likeness (QED) is 0.822. The Labute approximate surface area is 130 Å². The largest absolute Gasteiger partial charge is 0.492 e. The van der Waals surface area contributed by atoms with E-state index >= 15 is 0 Å². The molecule has 0 aliphatic heterocycles. The van der Waals surface area contributed by atoms with Crippen molar-refractivity contribution in [3.05, 3.63) is 52.3 Å². The van der Waals surface area contributed by atoms with E-state index in [0.717, 1.165) is 0 Å². The van der Waals surface area contributed by atoms with Crippen LogP contribution in [0.25, 0.3) is 0 Å². The van der Waals surface area contributed by atoms with E-state index in [9.17, 15) is 9.18 Å². The number of hydrogen-bond acceptors (Lipinski definition) is 3. The molecule has 0 radical (unpaired) electrons. The minimum absolute atomic E-state index is 0.107. The lowest BCUT2D eigenvalue weighted by molar-refractivity contribution is 0.102. The van der Waals surface area contributed by atoms with Gasteiger partial charge in [-0.15, -0.1) is 0 Å². The van der Waals surface area contributed by atoms with E-state index < -0.39 is 11.7 Å². The van der Waals surface area contributed by atoms with Crippen molar-refractivity contribution in [2.75, 3.05) is 17.7 Å². The average molecular weight is 353 g/mol. The van der Waals surface area contributed by atoms with Crippen LogP contribution in [0.1, 0.15) is 17.3 Å². The molecule has 4 nitrogen and oxygen atoms in total. The number of benzene rings is 2. The molecule has 110 valence electrons. The number of nitrogens with one attached hydrogen (secondary N) is 1. The van der Waals surface area contributed by atoms with Gasteiger partial charge in [0.1, 0.15) is 11.6 Å². The number of nitrogen functional groups attached to an aromatic ring is 1. The topological polar surface area (TPSA) is 64.3 Å². The molecule has 21 heavy (non-hydrogen) atoms. The Kier molecular flexibility index (Phi) is 4.80. The van der Waals surface area contributed by atoms with Gasteiger partial charge in [0.25, 0.3) is 5.91 Å². The molecule has 3 N–H and O–H groups in total. The molecule has 2 aromatic carbocycles. The van der Waals surface area contributed by atoms with Gasteiger partial charge >= 0.3 is 0 Å². The SMILES string of the molecule is CCOc1ccc(C(=O)Nc2ccc(Br)cc2F)cc1N. The van der Waals surface area contributed by atoms with Crippen molar-refractivity contribution in [1.29, 1.82) is 0 Å². The lowest BCUT2D eigenvalue weighted by Gasteiger charge is -2.10. The zero-order chi connectivity index (χ0) is 15.4. The predicted octanol–water partition coefficient (Wildman–Crippen LogP) is 3.82.